The maximum absolute atomic E-state index is 12.6. The molecule has 2 aliphatic heterocycles. The third-order valence-electron chi connectivity index (χ3n) is 5.93. The van der Waals surface area contributed by atoms with Crippen molar-refractivity contribution in [2.75, 3.05) is 46.5 Å². The van der Waals surface area contributed by atoms with E-state index in [1.165, 1.54) is 11.1 Å². The quantitative estimate of drug-likeness (QED) is 0.351. The standard InChI is InChI=1S/C24H38N4O3/c1-3-25-24(27-14-11-22(12-15-27)31-17-7-16-30-2)26-13-6-10-23(29)28-18-20-8-4-5-9-21(20)19-28/h4-5,8-9,22H,3,6-7,10-19H2,1-2H3,(H,25,26). The number of carbonyl (C=O) groups excluding carboxylic acids is 1. The van der Waals surface area contributed by atoms with Gasteiger partial charge in [0.1, 0.15) is 0 Å². The maximum Gasteiger partial charge on any atom is 0.223 e. The van der Waals surface area contributed by atoms with Gasteiger partial charge in [-0.15, -0.1) is 0 Å². The van der Waals surface area contributed by atoms with Gasteiger partial charge in [-0.05, 0) is 43.7 Å². The first kappa shape index (κ1) is 23.5. The van der Waals surface area contributed by atoms with Crippen LogP contribution >= 0.6 is 0 Å². The van der Waals surface area contributed by atoms with Crippen LogP contribution in [0.5, 0.6) is 0 Å². The van der Waals surface area contributed by atoms with Crippen LogP contribution in [0.2, 0.25) is 0 Å². The van der Waals surface area contributed by atoms with Crippen molar-refractivity contribution in [3.8, 4) is 0 Å². The summed E-state index contributed by atoms with van der Waals surface area (Å²) in [7, 11) is 1.72. The maximum atomic E-state index is 12.6. The molecule has 2 aliphatic rings. The predicted octanol–water partition coefficient (Wildman–Crippen LogP) is 2.79. The number of piperidine rings is 1. The van der Waals surface area contributed by atoms with E-state index < -0.39 is 0 Å². The molecule has 2 heterocycles. The number of carbonyl (C=O) groups is 1. The molecule has 1 fully saturated rings. The van der Waals surface area contributed by atoms with Crippen molar-refractivity contribution < 1.29 is 14.3 Å². The molecule has 7 nitrogen and oxygen atoms in total. The number of ether oxygens (including phenoxy) is 2. The van der Waals surface area contributed by atoms with E-state index in [2.05, 4.69) is 29.3 Å². The number of hydrogen-bond acceptors (Lipinski definition) is 4. The second-order valence-corrected chi connectivity index (χ2v) is 8.26. The van der Waals surface area contributed by atoms with Gasteiger partial charge >= 0.3 is 0 Å². The second-order valence-electron chi connectivity index (χ2n) is 8.26. The minimum atomic E-state index is 0.225. The van der Waals surface area contributed by atoms with E-state index in [-0.39, 0.29) is 5.91 Å². The highest BCUT2D eigenvalue weighted by atomic mass is 16.5. The zero-order valence-electron chi connectivity index (χ0n) is 19.1. The summed E-state index contributed by atoms with van der Waals surface area (Å²) >= 11 is 0. The molecular formula is C24H38N4O3. The van der Waals surface area contributed by atoms with Crippen LogP contribution in [-0.4, -0.2) is 74.3 Å². The molecule has 0 aromatic heterocycles. The molecule has 1 aromatic rings. The normalized spacial score (nSPS) is 17.2. The van der Waals surface area contributed by atoms with E-state index in [4.69, 9.17) is 14.5 Å². The van der Waals surface area contributed by atoms with Crippen molar-refractivity contribution in [2.45, 2.75) is 58.2 Å². The molecule has 7 heteroatoms. The Morgan fingerprint density at radius 2 is 1.81 bits per heavy atom. The second kappa shape index (κ2) is 12.7. The zero-order valence-corrected chi connectivity index (χ0v) is 19.1. The summed E-state index contributed by atoms with van der Waals surface area (Å²) in [4.78, 5) is 21.6. The van der Waals surface area contributed by atoms with Crippen LogP contribution in [0, 0.1) is 0 Å². The molecule has 1 aromatic carbocycles. The van der Waals surface area contributed by atoms with Crippen LogP contribution in [0.1, 0.15) is 50.2 Å². The first-order valence-corrected chi connectivity index (χ1v) is 11.7. The first-order valence-electron chi connectivity index (χ1n) is 11.7. The summed E-state index contributed by atoms with van der Waals surface area (Å²) in [5.41, 5.74) is 2.55. The number of hydrogen-bond donors (Lipinski definition) is 1. The molecule has 0 saturated carbocycles. The molecular weight excluding hydrogens is 392 g/mol. The van der Waals surface area contributed by atoms with E-state index in [0.717, 1.165) is 77.6 Å². The Hall–Kier alpha value is -2.12. The topological polar surface area (TPSA) is 66.4 Å². The van der Waals surface area contributed by atoms with Crippen LogP contribution in [0.25, 0.3) is 0 Å². The fourth-order valence-electron chi connectivity index (χ4n) is 4.20. The van der Waals surface area contributed by atoms with Crippen molar-refractivity contribution in [2.24, 2.45) is 4.99 Å². The van der Waals surface area contributed by atoms with Gasteiger partial charge in [0.2, 0.25) is 5.91 Å². The average Bonchev–Trinajstić information content (AvgIpc) is 3.24. The predicted molar refractivity (Wildman–Crippen MR) is 123 cm³/mol. The number of amides is 1. The van der Waals surface area contributed by atoms with Gasteiger partial charge in [-0.2, -0.15) is 0 Å². The van der Waals surface area contributed by atoms with E-state index in [1.807, 2.05) is 17.0 Å². The number of methoxy groups -OCH3 is 1. The Morgan fingerprint density at radius 3 is 2.45 bits per heavy atom. The third-order valence-corrected chi connectivity index (χ3v) is 5.93. The number of fused-ring (bicyclic) bond motifs is 1. The summed E-state index contributed by atoms with van der Waals surface area (Å²) < 4.78 is 11.0. The minimum absolute atomic E-state index is 0.225. The molecule has 3 rings (SSSR count). The highest BCUT2D eigenvalue weighted by Gasteiger charge is 2.23. The molecule has 0 radical (unpaired) electrons. The Kier molecular flexibility index (Phi) is 9.62. The van der Waals surface area contributed by atoms with E-state index in [1.54, 1.807) is 7.11 Å². The van der Waals surface area contributed by atoms with Crippen LogP contribution in [-0.2, 0) is 27.4 Å². The van der Waals surface area contributed by atoms with Gasteiger partial charge in [0, 0.05) is 66.0 Å². The fraction of sp³-hybridized carbons (Fsp3) is 0.667. The molecule has 1 saturated heterocycles. The lowest BCUT2D eigenvalue weighted by molar-refractivity contribution is -0.131. The highest BCUT2D eigenvalue weighted by molar-refractivity contribution is 5.80. The molecule has 1 N–H and O–H groups in total. The number of nitrogens with one attached hydrogen (secondary N) is 1. The van der Waals surface area contributed by atoms with Gasteiger partial charge in [0.05, 0.1) is 6.10 Å². The molecule has 0 spiro atoms. The fourth-order valence-corrected chi connectivity index (χ4v) is 4.20. The van der Waals surface area contributed by atoms with Crippen molar-refractivity contribution in [1.29, 1.82) is 0 Å². The van der Waals surface area contributed by atoms with Crippen molar-refractivity contribution in [3.05, 3.63) is 35.4 Å². The van der Waals surface area contributed by atoms with Gasteiger partial charge < -0.3 is 24.6 Å². The summed E-state index contributed by atoms with van der Waals surface area (Å²) in [6, 6.07) is 8.31. The lowest BCUT2D eigenvalue weighted by atomic mass is 10.1. The Morgan fingerprint density at radius 1 is 1.10 bits per heavy atom. The van der Waals surface area contributed by atoms with Crippen molar-refractivity contribution >= 4 is 11.9 Å². The Balaban J connectivity index is 1.37. The smallest absolute Gasteiger partial charge is 0.223 e. The Bertz CT molecular complexity index is 692. The number of guanidine groups is 1. The summed E-state index contributed by atoms with van der Waals surface area (Å²) in [5.74, 6) is 1.18. The lowest BCUT2D eigenvalue weighted by Gasteiger charge is -2.34. The van der Waals surface area contributed by atoms with Crippen LogP contribution in [0.3, 0.4) is 0 Å². The summed E-state index contributed by atoms with van der Waals surface area (Å²) in [5, 5.41) is 3.41. The summed E-state index contributed by atoms with van der Waals surface area (Å²) in [6.45, 7) is 8.51. The number of likely N-dealkylation sites (tertiary alicyclic amines) is 1. The van der Waals surface area contributed by atoms with Crippen LogP contribution in [0.4, 0.5) is 0 Å². The number of nitrogens with zero attached hydrogens (tertiary/aromatic N) is 3. The van der Waals surface area contributed by atoms with Gasteiger partial charge in [-0.1, -0.05) is 24.3 Å². The van der Waals surface area contributed by atoms with E-state index in [9.17, 15) is 4.79 Å². The van der Waals surface area contributed by atoms with Crippen LogP contribution < -0.4 is 5.32 Å². The van der Waals surface area contributed by atoms with Gasteiger partial charge in [-0.3, -0.25) is 9.79 Å². The largest absolute Gasteiger partial charge is 0.385 e. The van der Waals surface area contributed by atoms with Gasteiger partial charge in [0.25, 0.3) is 0 Å². The van der Waals surface area contributed by atoms with Gasteiger partial charge in [-0.25, -0.2) is 0 Å². The van der Waals surface area contributed by atoms with E-state index in [0.29, 0.717) is 19.1 Å². The number of rotatable bonds is 10. The molecule has 0 unspecified atom stereocenters. The minimum Gasteiger partial charge on any atom is -0.385 e. The van der Waals surface area contributed by atoms with Crippen molar-refractivity contribution in [1.82, 2.24) is 15.1 Å². The van der Waals surface area contributed by atoms with Crippen LogP contribution in [0.15, 0.2) is 29.3 Å². The molecule has 172 valence electrons. The zero-order chi connectivity index (χ0) is 21.9. The molecule has 0 bridgehead atoms. The summed E-state index contributed by atoms with van der Waals surface area (Å²) in [6.07, 6.45) is 4.64. The molecule has 0 aliphatic carbocycles. The third kappa shape index (κ3) is 7.21. The monoisotopic (exact) mass is 430 g/mol. The molecule has 1 amide bonds. The Labute approximate surface area is 186 Å². The highest BCUT2D eigenvalue weighted by Crippen LogP contribution is 2.23. The van der Waals surface area contributed by atoms with E-state index >= 15 is 0 Å². The number of benzene rings is 1. The molecule has 31 heavy (non-hydrogen) atoms. The number of aliphatic imine (C=N–C) groups is 1. The van der Waals surface area contributed by atoms with Crippen molar-refractivity contribution in [3.63, 3.8) is 0 Å². The lowest BCUT2D eigenvalue weighted by Crippen LogP contribution is -2.47. The average molecular weight is 431 g/mol. The van der Waals surface area contributed by atoms with Gasteiger partial charge in [0.15, 0.2) is 5.96 Å². The first-order chi connectivity index (χ1) is 15.2. The molecule has 0 atom stereocenters. The SMILES string of the molecule is CCNC(=NCCCC(=O)N1Cc2ccccc2C1)N1CCC(OCCCOC)CC1.